The molecule has 25 heavy (non-hydrogen) atoms. The molecule has 0 spiro atoms. The summed E-state index contributed by atoms with van der Waals surface area (Å²) < 4.78 is 32.6. The number of rotatable bonds is 5. The summed E-state index contributed by atoms with van der Waals surface area (Å²) in [5, 5.41) is 1.93. The van der Waals surface area contributed by atoms with Crippen LogP contribution in [-0.4, -0.2) is 26.9 Å². The van der Waals surface area contributed by atoms with Crippen LogP contribution in [0.5, 0.6) is 5.75 Å². The zero-order chi connectivity index (χ0) is 18.0. The number of aryl methyl sites for hydroxylation is 1. The van der Waals surface area contributed by atoms with Gasteiger partial charge in [-0.15, -0.1) is 0 Å². The third-order valence-corrected chi connectivity index (χ3v) is 6.06. The summed E-state index contributed by atoms with van der Waals surface area (Å²) in [6.45, 7) is 2.22. The van der Waals surface area contributed by atoms with E-state index in [1.54, 1.807) is 26.3 Å². The number of fused-ring (bicyclic) bond motifs is 1. The van der Waals surface area contributed by atoms with Crippen molar-refractivity contribution in [3.8, 4) is 5.75 Å². The summed E-state index contributed by atoms with van der Waals surface area (Å²) in [4.78, 5) is 0.292. The quantitative estimate of drug-likeness (QED) is 0.695. The van der Waals surface area contributed by atoms with Crippen LogP contribution in [0.25, 0.3) is 10.8 Å². The van der Waals surface area contributed by atoms with Crippen molar-refractivity contribution in [2.45, 2.75) is 18.4 Å². The van der Waals surface area contributed by atoms with Gasteiger partial charge >= 0.3 is 0 Å². The highest BCUT2D eigenvalue weighted by atomic mass is 32.2. The zero-order valence-electron chi connectivity index (χ0n) is 14.6. The lowest BCUT2D eigenvalue weighted by Crippen LogP contribution is -2.26. The van der Waals surface area contributed by atoms with Crippen molar-refractivity contribution < 1.29 is 13.2 Å². The van der Waals surface area contributed by atoms with Gasteiger partial charge in [-0.25, -0.2) is 8.42 Å². The van der Waals surface area contributed by atoms with Crippen molar-refractivity contribution in [1.82, 2.24) is 4.31 Å². The molecule has 0 radical (unpaired) electrons. The lowest BCUT2D eigenvalue weighted by Gasteiger charge is -2.19. The van der Waals surface area contributed by atoms with Gasteiger partial charge in [0.05, 0.1) is 12.0 Å². The summed E-state index contributed by atoms with van der Waals surface area (Å²) in [7, 11) is -0.410. The number of nitrogens with zero attached hydrogens (tertiary/aromatic N) is 1. The minimum atomic E-state index is -3.59. The number of methoxy groups -OCH3 is 1. The van der Waals surface area contributed by atoms with Gasteiger partial charge in [0, 0.05) is 19.2 Å². The van der Waals surface area contributed by atoms with Crippen molar-refractivity contribution in [3.05, 3.63) is 71.8 Å². The van der Waals surface area contributed by atoms with Gasteiger partial charge in [-0.2, -0.15) is 4.31 Å². The fraction of sp³-hybridized carbons (Fsp3) is 0.200. The highest BCUT2D eigenvalue weighted by molar-refractivity contribution is 7.89. The average Bonchev–Trinajstić information content (AvgIpc) is 2.61. The molecule has 0 saturated carbocycles. The third-order valence-electron chi connectivity index (χ3n) is 4.26. The highest BCUT2D eigenvalue weighted by Crippen LogP contribution is 2.25. The summed E-state index contributed by atoms with van der Waals surface area (Å²) in [6.07, 6.45) is 0. The highest BCUT2D eigenvalue weighted by Gasteiger charge is 2.22. The van der Waals surface area contributed by atoms with E-state index in [9.17, 15) is 8.42 Å². The van der Waals surface area contributed by atoms with Gasteiger partial charge in [0.2, 0.25) is 10.0 Å². The molecule has 3 aromatic carbocycles. The topological polar surface area (TPSA) is 46.6 Å². The molecule has 0 aliphatic rings. The Kier molecular flexibility index (Phi) is 4.79. The normalized spacial score (nSPS) is 11.8. The maximum atomic E-state index is 12.9. The van der Waals surface area contributed by atoms with Gasteiger partial charge in [0.15, 0.2) is 0 Å². The standard InChI is InChI=1S/C20H21NO3S/c1-15-8-11-20(24-3)18(12-15)14-21(2)25(22,23)19-10-9-16-6-4-5-7-17(16)13-19/h4-13H,14H2,1-3H3. The maximum absolute atomic E-state index is 12.9. The molecule has 0 aliphatic heterocycles. The summed E-state index contributed by atoms with van der Waals surface area (Å²) in [5.74, 6) is 0.686. The Morgan fingerprint density at radius 3 is 2.40 bits per heavy atom. The number of ether oxygens (including phenoxy) is 1. The molecular weight excluding hydrogens is 334 g/mol. The molecule has 0 heterocycles. The van der Waals surface area contributed by atoms with Gasteiger partial charge in [-0.1, -0.05) is 48.0 Å². The fourth-order valence-electron chi connectivity index (χ4n) is 2.86. The Balaban J connectivity index is 1.94. The van der Waals surface area contributed by atoms with Gasteiger partial charge in [0.25, 0.3) is 0 Å². The first-order chi connectivity index (χ1) is 11.9. The molecule has 0 aliphatic carbocycles. The molecule has 4 nitrogen and oxygen atoms in total. The molecule has 0 amide bonds. The molecule has 0 saturated heterocycles. The molecule has 0 aromatic heterocycles. The predicted molar refractivity (Wildman–Crippen MR) is 100 cm³/mol. The number of hydrogen-bond donors (Lipinski definition) is 0. The molecule has 0 unspecified atom stereocenters. The summed E-state index contributed by atoms with van der Waals surface area (Å²) >= 11 is 0. The Hall–Kier alpha value is -2.37. The summed E-state index contributed by atoms with van der Waals surface area (Å²) in [6, 6.07) is 18.7. The van der Waals surface area contributed by atoms with Crippen LogP contribution < -0.4 is 4.74 Å². The van der Waals surface area contributed by atoms with E-state index in [-0.39, 0.29) is 6.54 Å². The largest absolute Gasteiger partial charge is 0.496 e. The van der Waals surface area contributed by atoms with Crippen molar-refractivity contribution in [1.29, 1.82) is 0 Å². The minimum Gasteiger partial charge on any atom is -0.496 e. The number of hydrogen-bond acceptors (Lipinski definition) is 3. The van der Waals surface area contributed by atoms with E-state index in [0.29, 0.717) is 10.6 Å². The second-order valence-electron chi connectivity index (χ2n) is 6.09. The molecule has 3 rings (SSSR count). The van der Waals surface area contributed by atoms with E-state index in [2.05, 4.69) is 0 Å². The van der Waals surface area contributed by atoms with Crippen molar-refractivity contribution in [2.24, 2.45) is 0 Å². The lowest BCUT2D eigenvalue weighted by molar-refractivity contribution is 0.398. The first-order valence-electron chi connectivity index (χ1n) is 8.00. The van der Waals surface area contributed by atoms with Crippen LogP contribution in [0.1, 0.15) is 11.1 Å². The second-order valence-corrected chi connectivity index (χ2v) is 8.13. The molecule has 130 valence electrons. The van der Waals surface area contributed by atoms with Crippen molar-refractivity contribution in [3.63, 3.8) is 0 Å². The first kappa shape index (κ1) is 17.5. The van der Waals surface area contributed by atoms with Crippen molar-refractivity contribution in [2.75, 3.05) is 14.2 Å². The fourth-order valence-corrected chi connectivity index (χ4v) is 4.05. The van der Waals surface area contributed by atoms with Crippen LogP contribution in [0, 0.1) is 6.92 Å². The molecule has 0 N–H and O–H groups in total. The van der Waals surface area contributed by atoms with E-state index < -0.39 is 10.0 Å². The van der Waals surface area contributed by atoms with E-state index in [1.807, 2.05) is 55.5 Å². The monoisotopic (exact) mass is 355 g/mol. The van der Waals surface area contributed by atoms with E-state index >= 15 is 0 Å². The average molecular weight is 355 g/mol. The van der Waals surface area contributed by atoms with Crippen LogP contribution >= 0.6 is 0 Å². The lowest BCUT2D eigenvalue weighted by atomic mass is 10.1. The van der Waals surface area contributed by atoms with Gasteiger partial charge in [-0.3, -0.25) is 0 Å². The minimum absolute atomic E-state index is 0.250. The Bertz CT molecular complexity index is 1010. The predicted octanol–water partition coefficient (Wildman–Crippen LogP) is 3.98. The third kappa shape index (κ3) is 3.52. The van der Waals surface area contributed by atoms with E-state index in [4.69, 9.17) is 4.74 Å². The van der Waals surface area contributed by atoms with Gasteiger partial charge < -0.3 is 4.74 Å². The Labute approximate surface area is 148 Å². The van der Waals surface area contributed by atoms with Gasteiger partial charge in [-0.05, 0) is 35.9 Å². The molecule has 5 heteroatoms. The molecule has 3 aromatic rings. The second kappa shape index (κ2) is 6.86. The number of sulfonamides is 1. The molecule has 0 atom stereocenters. The molecule has 0 bridgehead atoms. The van der Waals surface area contributed by atoms with Gasteiger partial charge in [0.1, 0.15) is 5.75 Å². The number of benzene rings is 3. The maximum Gasteiger partial charge on any atom is 0.243 e. The van der Waals surface area contributed by atoms with Crippen molar-refractivity contribution >= 4 is 20.8 Å². The van der Waals surface area contributed by atoms with Crippen LogP contribution in [0.15, 0.2) is 65.6 Å². The SMILES string of the molecule is COc1ccc(C)cc1CN(C)S(=O)(=O)c1ccc2ccccc2c1. The van der Waals surface area contributed by atoms with Crippen LogP contribution in [0.3, 0.4) is 0 Å². The molecule has 0 fully saturated rings. The summed E-state index contributed by atoms with van der Waals surface area (Å²) in [5.41, 5.74) is 1.90. The smallest absolute Gasteiger partial charge is 0.243 e. The van der Waals surface area contributed by atoms with Crippen LogP contribution in [0.4, 0.5) is 0 Å². The van der Waals surface area contributed by atoms with E-state index in [1.165, 1.54) is 4.31 Å². The van der Waals surface area contributed by atoms with Crippen LogP contribution in [0.2, 0.25) is 0 Å². The first-order valence-corrected chi connectivity index (χ1v) is 9.44. The Morgan fingerprint density at radius 1 is 0.960 bits per heavy atom. The molecular formula is C20H21NO3S. The van der Waals surface area contributed by atoms with Crippen LogP contribution in [-0.2, 0) is 16.6 Å². The van der Waals surface area contributed by atoms with E-state index in [0.717, 1.165) is 21.9 Å². The zero-order valence-corrected chi connectivity index (χ0v) is 15.4. The Morgan fingerprint density at radius 2 is 1.68 bits per heavy atom.